The summed E-state index contributed by atoms with van der Waals surface area (Å²) in [6, 6.07) is 6.33. The maximum atomic E-state index is 14.3. The highest BCUT2D eigenvalue weighted by atomic mass is 19.1. The molecule has 0 atom stereocenters. The summed E-state index contributed by atoms with van der Waals surface area (Å²) < 4.78 is 14.3. The summed E-state index contributed by atoms with van der Waals surface area (Å²) in [5, 5.41) is 0. The minimum Gasteiger partial charge on any atom is -0.398 e. The van der Waals surface area contributed by atoms with E-state index in [0.29, 0.717) is 11.3 Å². The van der Waals surface area contributed by atoms with Crippen molar-refractivity contribution in [3.05, 3.63) is 47.5 Å². The van der Waals surface area contributed by atoms with Crippen LogP contribution in [-0.2, 0) is 0 Å². The van der Waals surface area contributed by atoms with Crippen LogP contribution in [0.25, 0.3) is 11.3 Å². The molecule has 1 aromatic heterocycles. The Morgan fingerprint density at radius 3 is 2.65 bits per heavy atom. The van der Waals surface area contributed by atoms with E-state index in [2.05, 4.69) is 15.0 Å². The molecule has 0 unspecified atom stereocenters. The normalized spacial score (nSPS) is 12.7. The molecule has 0 aliphatic heterocycles. The Bertz CT molecular complexity index is 767. The van der Waals surface area contributed by atoms with Crippen LogP contribution in [0, 0.1) is 5.82 Å². The van der Waals surface area contributed by atoms with E-state index in [1.54, 1.807) is 24.4 Å². The lowest BCUT2D eigenvalue weighted by Crippen LogP contribution is -2.08. The average Bonchev–Trinajstić information content (AvgIpc) is 2.50. The first-order valence-electron chi connectivity index (χ1n) is 7.06. The third-order valence-electron chi connectivity index (χ3n) is 3.06. The first kappa shape index (κ1) is 16.4. The van der Waals surface area contributed by atoms with Gasteiger partial charge in [-0.3, -0.25) is 4.99 Å². The van der Waals surface area contributed by atoms with E-state index in [1.165, 1.54) is 12.3 Å². The van der Waals surface area contributed by atoms with E-state index < -0.39 is 5.82 Å². The molecule has 23 heavy (non-hydrogen) atoms. The SMILES string of the molecule is CC(C)N=CC(=C(N)c1cccc(N)c1F)c1ccnc(N)n1. The fraction of sp³-hybridized carbons (Fsp3) is 0.188. The van der Waals surface area contributed by atoms with Crippen LogP contribution in [0.4, 0.5) is 16.0 Å². The molecule has 0 aliphatic carbocycles. The topological polar surface area (TPSA) is 116 Å². The number of rotatable bonds is 4. The van der Waals surface area contributed by atoms with Gasteiger partial charge in [0.2, 0.25) is 5.95 Å². The van der Waals surface area contributed by atoms with Crippen LogP contribution in [-0.4, -0.2) is 22.2 Å². The number of nitrogens with zero attached hydrogens (tertiary/aromatic N) is 3. The molecule has 0 spiro atoms. The lowest BCUT2D eigenvalue weighted by atomic mass is 10.0. The highest BCUT2D eigenvalue weighted by Crippen LogP contribution is 2.25. The van der Waals surface area contributed by atoms with Crippen molar-refractivity contribution in [3.63, 3.8) is 0 Å². The van der Waals surface area contributed by atoms with Gasteiger partial charge in [-0.25, -0.2) is 14.4 Å². The molecule has 0 bridgehead atoms. The molecule has 2 rings (SSSR count). The van der Waals surface area contributed by atoms with Crippen molar-refractivity contribution in [2.24, 2.45) is 10.7 Å². The minimum atomic E-state index is -0.581. The fourth-order valence-corrected chi connectivity index (χ4v) is 1.92. The number of anilines is 2. The van der Waals surface area contributed by atoms with Gasteiger partial charge in [0.25, 0.3) is 0 Å². The lowest BCUT2D eigenvalue weighted by Gasteiger charge is -2.11. The number of halogens is 1. The van der Waals surface area contributed by atoms with Crippen molar-refractivity contribution in [2.75, 3.05) is 11.5 Å². The van der Waals surface area contributed by atoms with E-state index in [9.17, 15) is 4.39 Å². The summed E-state index contributed by atoms with van der Waals surface area (Å²) in [5.41, 5.74) is 18.7. The predicted molar refractivity (Wildman–Crippen MR) is 91.9 cm³/mol. The van der Waals surface area contributed by atoms with Gasteiger partial charge in [-0.15, -0.1) is 0 Å². The quantitative estimate of drug-likeness (QED) is 0.590. The Balaban J connectivity index is 2.66. The standard InChI is InChI=1S/C16H19FN6/c1-9(2)22-8-11(13-6-7-21-16(20)23-13)15(19)10-4-3-5-12(18)14(10)17/h3-9H,18-19H2,1-2H3,(H2,20,21,23). The van der Waals surface area contributed by atoms with Gasteiger partial charge in [-0.2, -0.15) is 0 Å². The zero-order chi connectivity index (χ0) is 17.0. The second kappa shape index (κ2) is 6.87. The Morgan fingerprint density at radius 2 is 2.00 bits per heavy atom. The van der Waals surface area contributed by atoms with Crippen molar-refractivity contribution < 1.29 is 4.39 Å². The van der Waals surface area contributed by atoms with Crippen LogP contribution in [0.5, 0.6) is 0 Å². The van der Waals surface area contributed by atoms with E-state index in [1.807, 2.05) is 13.8 Å². The number of allylic oxidation sites excluding steroid dienone is 1. The summed E-state index contributed by atoms with van der Waals surface area (Å²) >= 11 is 0. The van der Waals surface area contributed by atoms with Gasteiger partial charge in [0.05, 0.1) is 17.1 Å². The second-order valence-corrected chi connectivity index (χ2v) is 5.21. The van der Waals surface area contributed by atoms with Crippen LogP contribution in [0.3, 0.4) is 0 Å². The van der Waals surface area contributed by atoms with Crippen molar-refractivity contribution in [1.82, 2.24) is 9.97 Å². The molecule has 2 aromatic rings. The molecule has 120 valence electrons. The van der Waals surface area contributed by atoms with E-state index in [4.69, 9.17) is 17.2 Å². The smallest absolute Gasteiger partial charge is 0.220 e. The molecular formula is C16H19FN6. The zero-order valence-electron chi connectivity index (χ0n) is 13.0. The Kier molecular flexibility index (Phi) is 4.90. The maximum Gasteiger partial charge on any atom is 0.220 e. The van der Waals surface area contributed by atoms with Crippen molar-refractivity contribution in [1.29, 1.82) is 0 Å². The molecule has 0 saturated heterocycles. The summed E-state index contributed by atoms with van der Waals surface area (Å²) in [4.78, 5) is 12.3. The number of hydrogen-bond donors (Lipinski definition) is 3. The molecule has 6 N–H and O–H groups in total. The Morgan fingerprint density at radius 1 is 1.26 bits per heavy atom. The third-order valence-corrected chi connectivity index (χ3v) is 3.06. The van der Waals surface area contributed by atoms with Crippen molar-refractivity contribution in [2.45, 2.75) is 19.9 Å². The Labute approximate surface area is 134 Å². The number of nitrogen functional groups attached to an aromatic ring is 2. The molecule has 1 heterocycles. The van der Waals surface area contributed by atoms with Gasteiger partial charge in [0.15, 0.2) is 5.82 Å². The van der Waals surface area contributed by atoms with Crippen LogP contribution in [0.1, 0.15) is 25.1 Å². The summed E-state index contributed by atoms with van der Waals surface area (Å²) in [6.07, 6.45) is 3.06. The fourth-order valence-electron chi connectivity index (χ4n) is 1.92. The number of hydrogen-bond acceptors (Lipinski definition) is 6. The zero-order valence-corrected chi connectivity index (χ0v) is 13.0. The molecule has 6 nitrogen and oxygen atoms in total. The highest BCUT2D eigenvalue weighted by Gasteiger charge is 2.14. The molecule has 0 radical (unpaired) electrons. The van der Waals surface area contributed by atoms with Gasteiger partial charge < -0.3 is 17.2 Å². The second-order valence-electron chi connectivity index (χ2n) is 5.21. The number of benzene rings is 1. The number of aliphatic imine (C=N–C) groups is 1. The van der Waals surface area contributed by atoms with Crippen LogP contribution in [0.15, 0.2) is 35.5 Å². The van der Waals surface area contributed by atoms with Gasteiger partial charge in [0.1, 0.15) is 0 Å². The molecule has 0 fully saturated rings. The van der Waals surface area contributed by atoms with Gasteiger partial charge in [-0.05, 0) is 32.0 Å². The monoisotopic (exact) mass is 314 g/mol. The first-order chi connectivity index (χ1) is 10.9. The molecular weight excluding hydrogens is 295 g/mol. The Hall–Kier alpha value is -2.96. The molecule has 0 aliphatic rings. The van der Waals surface area contributed by atoms with Gasteiger partial charge >= 0.3 is 0 Å². The summed E-state index contributed by atoms with van der Waals surface area (Å²) in [6.45, 7) is 3.83. The number of nitrogens with two attached hydrogens (primary N) is 3. The third kappa shape index (κ3) is 3.82. The molecule has 0 amide bonds. The highest BCUT2D eigenvalue weighted by molar-refractivity contribution is 6.18. The minimum absolute atomic E-state index is 0.0211. The van der Waals surface area contributed by atoms with Crippen LogP contribution in [0.2, 0.25) is 0 Å². The van der Waals surface area contributed by atoms with Gasteiger partial charge in [0, 0.05) is 29.6 Å². The lowest BCUT2D eigenvalue weighted by molar-refractivity contribution is 0.628. The van der Waals surface area contributed by atoms with E-state index in [0.717, 1.165) is 0 Å². The predicted octanol–water partition coefficient (Wildman–Crippen LogP) is 2.09. The van der Waals surface area contributed by atoms with E-state index in [-0.39, 0.29) is 28.9 Å². The molecule has 7 heteroatoms. The van der Waals surface area contributed by atoms with Crippen molar-refractivity contribution >= 4 is 29.1 Å². The average molecular weight is 314 g/mol. The molecule has 0 saturated carbocycles. The van der Waals surface area contributed by atoms with E-state index >= 15 is 0 Å². The molecule has 1 aromatic carbocycles. The van der Waals surface area contributed by atoms with Gasteiger partial charge in [-0.1, -0.05) is 6.07 Å². The van der Waals surface area contributed by atoms with Crippen LogP contribution < -0.4 is 17.2 Å². The maximum absolute atomic E-state index is 14.3. The summed E-state index contributed by atoms with van der Waals surface area (Å²) in [5.74, 6) is -0.485. The summed E-state index contributed by atoms with van der Waals surface area (Å²) in [7, 11) is 0. The van der Waals surface area contributed by atoms with Crippen LogP contribution >= 0.6 is 0 Å². The largest absolute Gasteiger partial charge is 0.398 e. The van der Waals surface area contributed by atoms with Crippen molar-refractivity contribution in [3.8, 4) is 0 Å². The first-order valence-corrected chi connectivity index (χ1v) is 7.06. The number of aromatic nitrogens is 2.